The van der Waals surface area contributed by atoms with E-state index in [0.29, 0.717) is 0 Å². The number of hydrogen-bond donors (Lipinski definition) is 1. The average molecular weight is 265 g/mol. The van der Waals surface area contributed by atoms with Crippen LogP contribution in [0.25, 0.3) is 10.8 Å². The Kier molecular flexibility index (Phi) is 3.42. The van der Waals surface area contributed by atoms with E-state index < -0.39 is 0 Å². The van der Waals surface area contributed by atoms with Crippen molar-refractivity contribution >= 4 is 16.5 Å². The van der Waals surface area contributed by atoms with Crippen molar-refractivity contribution in [2.24, 2.45) is 7.05 Å². The molecule has 0 aliphatic heterocycles. The predicted octanol–water partition coefficient (Wildman–Crippen LogP) is 3.75. The molecule has 0 radical (unpaired) electrons. The van der Waals surface area contributed by atoms with Gasteiger partial charge in [0.2, 0.25) is 0 Å². The molecule has 1 aromatic heterocycles. The van der Waals surface area contributed by atoms with Gasteiger partial charge in [-0.05, 0) is 28.8 Å². The maximum absolute atomic E-state index is 4.45. The van der Waals surface area contributed by atoms with Crippen LogP contribution in [0.2, 0.25) is 0 Å². The van der Waals surface area contributed by atoms with Gasteiger partial charge in [0.15, 0.2) is 0 Å². The van der Waals surface area contributed by atoms with Crippen LogP contribution in [0, 0.1) is 0 Å². The van der Waals surface area contributed by atoms with E-state index >= 15 is 0 Å². The van der Waals surface area contributed by atoms with E-state index in [1.807, 2.05) is 17.9 Å². The lowest BCUT2D eigenvalue weighted by Crippen LogP contribution is -2.00. The van der Waals surface area contributed by atoms with Gasteiger partial charge in [-0.15, -0.1) is 0 Å². The normalized spacial score (nSPS) is 10.9. The van der Waals surface area contributed by atoms with Gasteiger partial charge < -0.3 is 5.32 Å². The quantitative estimate of drug-likeness (QED) is 0.778. The van der Waals surface area contributed by atoms with Crippen molar-refractivity contribution < 1.29 is 0 Å². The van der Waals surface area contributed by atoms with Crippen LogP contribution >= 0.6 is 0 Å². The summed E-state index contributed by atoms with van der Waals surface area (Å²) in [6, 6.07) is 15.0. The minimum atomic E-state index is 0.823. The Morgan fingerprint density at radius 2 is 1.90 bits per heavy atom. The largest absolute Gasteiger partial charge is 0.378 e. The van der Waals surface area contributed by atoms with E-state index in [0.717, 1.165) is 24.3 Å². The predicted molar refractivity (Wildman–Crippen MR) is 83.9 cm³/mol. The Morgan fingerprint density at radius 1 is 1.10 bits per heavy atom. The van der Waals surface area contributed by atoms with E-state index in [-0.39, 0.29) is 0 Å². The van der Waals surface area contributed by atoms with Gasteiger partial charge in [-0.3, -0.25) is 4.68 Å². The molecule has 0 bridgehead atoms. The smallest absolute Gasteiger partial charge is 0.0853 e. The zero-order valence-electron chi connectivity index (χ0n) is 11.9. The molecule has 0 saturated carbocycles. The summed E-state index contributed by atoms with van der Waals surface area (Å²) in [5.41, 5.74) is 3.53. The van der Waals surface area contributed by atoms with E-state index in [1.54, 1.807) is 0 Å². The van der Waals surface area contributed by atoms with Gasteiger partial charge in [-0.25, -0.2) is 0 Å². The number of anilines is 1. The average Bonchev–Trinajstić information content (AvgIpc) is 2.85. The van der Waals surface area contributed by atoms with Crippen molar-refractivity contribution in [1.82, 2.24) is 9.78 Å². The standard InChI is InChI=1S/C17H19N3/c1-3-16-17(12-20(2)19-16)18-11-13-8-9-14-6-4-5-7-15(14)10-13/h4-10,12,18H,3,11H2,1-2H3. The highest BCUT2D eigenvalue weighted by Gasteiger charge is 2.05. The lowest BCUT2D eigenvalue weighted by atomic mass is 10.1. The van der Waals surface area contributed by atoms with Gasteiger partial charge >= 0.3 is 0 Å². The van der Waals surface area contributed by atoms with Gasteiger partial charge in [0.1, 0.15) is 0 Å². The topological polar surface area (TPSA) is 29.9 Å². The van der Waals surface area contributed by atoms with Crippen LogP contribution < -0.4 is 5.32 Å². The Hall–Kier alpha value is -2.29. The molecule has 0 aliphatic rings. The molecule has 0 saturated heterocycles. The first-order chi connectivity index (χ1) is 9.76. The highest BCUT2D eigenvalue weighted by molar-refractivity contribution is 5.83. The molecule has 0 aliphatic carbocycles. The van der Waals surface area contributed by atoms with E-state index in [2.05, 4.69) is 59.8 Å². The summed E-state index contributed by atoms with van der Waals surface area (Å²) < 4.78 is 1.86. The van der Waals surface area contributed by atoms with Crippen molar-refractivity contribution in [3.63, 3.8) is 0 Å². The maximum Gasteiger partial charge on any atom is 0.0853 e. The monoisotopic (exact) mass is 265 g/mol. The summed E-state index contributed by atoms with van der Waals surface area (Å²) in [6.07, 6.45) is 2.99. The highest BCUT2D eigenvalue weighted by atomic mass is 15.3. The second-order valence-corrected chi connectivity index (χ2v) is 5.05. The lowest BCUT2D eigenvalue weighted by Gasteiger charge is -2.07. The molecular formula is C17H19N3. The molecular weight excluding hydrogens is 246 g/mol. The van der Waals surface area contributed by atoms with Gasteiger partial charge in [-0.1, -0.05) is 43.3 Å². The molecule has 2 aromatic carbocycles. The molecule has 3 nitrogen and oxygen atoms in total. The molecule has 1 heterocycles. The molecule has 20 heavy (non-hydrogen) atoms. The number of benzene rings is 2. The van der Waals surface area contributed by atoms with Crippen LogP contribution in [-0.4, -0.2) is 9.78 Å². The zero-order valence-corrected chi connectivity index (χ0v) is 11.9. The third-order valence-electron chi connectivity index (χ3n) is 3.54. The molecule has 0 amide bonds. The first-order valence-electron chi connectivity index (χ1n) is 7.00. The summed E-state index contributed by atoms with van der Waals surface area (Å²) in [5, 5.41) is 10.5. The molecule has 3 heteroatoms. The number of nitrogens with zero attached hydrogens (tertiary/aromatic N) is 2. The van der Waals surface area contributed by atoms with Crippen LogP contribution in [0.5, 0.6) is 0 Å². The summed E-state index contributed by atoms with van der Waals surface area (Å²) in [5.74, 6) is 0. The van der Waals surface area contributed by atoms with Gasteiger partial charge in [-0.2, -0.15) is 5.10 Å². The minimum absolute atomic E-state index is 0.823. The maximum atomic E-state index is 4.45. The fraction of sp³-hybridized carbons (Fsp3) is 0.235. The molecule has 1 N–H and O–H groups in total. The summed E-state index contributed by atoms with van der Waals surface area (Å²) in [4.78, 5) is 0. The van der Waals surface area contributed by atoms with E-state index in [4.69, 9.17) is 0 Å². The number of aromatic nitrogens is 2. The first kappa shape index (κ1) is 12.7. The highest BCUT2D eigenvalue weighted by Crippen LogP contribution is 2.18. The Labute approximate surface area is 119 Å². The summed E-state index contributed by atoms with van der Waals surface area (Å²) in [7, 11) is 1.96. The second-order valence-electron chi connectivity index (χ2n) is 5.05. The third-order valence-corrected chi connectivity index (χ3v) is 3.54. The van der Waals surface area contributed by atoms with Crippen LogP contribution in [0.15, 0.2) is 48.7 Å². The molecule has 0 unspecified atom stereocenters. The van der Waals surface area contributed by atoms with E-state index in [9.17, 15) is 0 Å². The van der Waals surface area contributed by atoms with Crippen molar-refractivity contribution in [3.05, 3.63) is 59.9 Å². The van der Waals surface area contributed by atoms with Crippen molar-refractivity contribution in [2.45, 2.75) is 19.9 Å². The Morgan fingerprint density at radius 3 is 2.70 bits per heavy atom. The van der Waals surface area contributed by atoms with Gasteiger partial charge in [0.25, 0.3) is 0 Å². The molecule has 0 fully saturated rings. The van der Waals surface area contributed by atoms with Crippen LogP contribution in [0.4, 0.5) is 5.69 Å². The van der Waals surface area contributed by atoms with E-state index in [1.165, 1.54) is 16.3 Å². The SMILES string of the molecule is CCc1nn(C)cc1NCc1ccc2ccccc2c1. The molecule has 3 rings (SSSR count). The minimum Gasteiger partial charge on any atom is -0.378 e. The first-order valence-corrected chi connectivity index (χ1v) is 7.00. The number of rotatable bonds is 4. The number of aryl methyl sites for hydroxylation is 2. The lowest BCUT2D eigenvalue weighted by molar-refractivity contribution is 0.746. The summed E-state index contributed by atoms with van der Waals surface area (Å²) >= 11 is 0. The molecule has 0 atom stereocenters. The third kappa shape index (κ3) is 2.52. The molecule has 0 spiro atoms. The van der Waals surface area contributed by atoms with Gasteiger partial charge in [0.05, 0.1) is 11.4 Å². The zero-order chi connectivity index (χ0) is 13.9. The number of fused-ring (bicyclic) bond motifs is 1. The van der Waals surface area contributed by atoms with Crippen molar-refractivity contribution in [3.8, 4) is 0 Å². The van der Waals surface area contributed by atoms with Crippen LogP contribution in [0.1, 0.15) is 18.2 Å². The fourth-order valence-electron chi connectivity index (χ4n) is 2.49. The molecule has 102 valence electrons. The number of hydrogen-bond acceptors (Lipinski definition) is 2. The second kappa shape index (κ2) is 5.37. The molecule has 3 aromatic rings. The van der Waals surface area contributed by atoms with Crippen molar-refractivity contribution in [2.75, 3.05) is 5.32 Å². The summed E-state index contributed by atoms with van der Waals surface area (Å²) in [6.45, 7) is 2.95. The van der Waals surface area contributed by atoms with Crippen molar-refractivity contribution in [1.29, 1.82) is 0 Å². The Bertz CT molecular complexity index is 728. The van der Waals surface area contributed by atoms with Crippen LogP contribution in [0.3, 0.4) is 0 Å². The Balaban J connectivity index is 1.79. The number of nitrogens with one attached hydrogen (secondary N) is 1. The van der Waals surface area contributed by atoms with Crippen LogP contribution in [-0.2, 0) is 20.0 Å². The van der Waals surface area contributed by atoms with Gasteiger partial charge in [0, 0.05) is 19.8 Å². The fourth-order valence-corrected chi connectivity index (χ4v) is 2.49.